The molecule has 0 heterocycles. The quantitative estimate of drug-likeness (QED) is 0.204. The Kier molecular flexibility index (Phi) is 20.3. The smallest absolute Gasteiger partial charge is 0.212 e. The third-order valence-corrected chi connectivity index (χ3v) is 8.53. The molecule has 168 valence electrons. The molecular weight excluding hydrogens is 429 g/mol. The summed E-state index contributed by atoms with van der Waals surface area (Å²) in [5.74, 6) is 4.63. The molecule has 0 aromatic rings. The van der Waals surface area contributed by atoms with Gasteiger partial charge in [-0.1, -0.05) is 93.6 Å². The molecule has 0 aromatic carbocycles. The normalized spacial score (nSPS) is 26.9. The molecule has 0 nitrogen and oxygen atoms in total. The van der Waals surface area contributed by atoms with E-state index in [1.807, 2.05) is 0 Å². The van der Waals surface area contributed by atoms with Gasteiger partial charge in [-0.2, -0.15) is 5.92 Å². The monoisotopic (exact) mass is 477 g/mol. The van der Waals surface area contributed by atoms with Crippen LogP contribution in [0.4, 0.5) is 0 Å². The molecule has 30 heavy (non-hydrogen) atoms. The standard InChI is InChI=1S/2C10H17.C8H14.Al.Zn.2H/c2*1-3-9(2)10-7-5-4-6-8-10;1-2-8-6-4-3-5-7-8;;;;/h2*4-5,9-10H,2-3,6-8H2,1H3;3-4,8H,2,5-7H2,1H3;;;;/q;-1;;;;;. The average molecular weight is 479 g/mol. The maximum atomic E-state index is 4.15. The van der Waals surface area contributed by atoms with Crippen molar-refractivity contribution in [2.24, 2.45) is 29.6 Å². The van der Waals surface area contributed by atoms with Crippen LogP contribution in [0.1, 0.15) is 97.8 Å². The molecule has 0 amide bonds. The summed E-state index contributed by atoms with van der Waals surface area (Å²) in [5.41, 5.74) is 0. The Labute approximate surface area is 211 Å². The zero-order chi connectivity index (χ0) is 21.3. The van der Waals surface area contributed by atoms with Crippen molar-refractivity contribution in [1.29, 1.82) is 0 Å². The number of hydrogen-bond acceptors (Lipinski definition) is 0. The van der Waals surface area contributed by atoms with Crippen molar-refractivity contribution in [2.45, 2.75) is 103 Å². The van der Waals surface area contributed by atoms with Gasteiger partial charge < -0.3 is 6.92 Å². The summed E-state index contributed by atoms with van der Waals surface area (Å²) in [6.45, 7) is 11.0. The summed E-state index contributed by atoms with van der Waals surface area (Å²) in [7, 11) is 0. The molecule has 0 aliphatic heterocycles. The predicted octanol–water partition coefficient (Wildman–Crippen LogP) is 8.37. The molecule has 0 saturated heterocycles. The van der Waals surface area contributed by atoms with E-state index in [1.54, 1.807) is 0 Å². The first kappa shape index (κ1) is 30.4. The number of allylic oxidation sites excluding steroid dienone is 6. The summed E-state index contributed by atoms with van der Waals surface area (Å²) >= 11 is 1.39. The average Bonchev–Trinajstić information content (AvgIpc) is 2.82. The van der Waals surface area contributed by atoms with Crippen LogP contribution in [0.5, 0.6) is 0 Å². The Morgan fingerprint density at radius 1 is 0.767 bits per heavy atom. The van der Waals surface area contributed by atoms with Crippen molar-refractivity contribution >= 4 is 16.3 Å². The number of rotatable bonds is 6. The van der Waals surface area contributed by atoms with E-state index in [1.165, 1.54) is 98.6 Å². The van der Waals surface area contributed by atoms with E-state index < -0.39 is 0 Å². The molecule has 0 radical (unpaired) electrons. The molecule has 3 aliphatic rings. The zero-order valence-electron chi connectivity index (χ0n) is 21.0. The molecule has 0 aromatic heterocycles. The van der Waals surface area contributed by atoms with Gasteiger partial charge in [0, 0.05) is 19.5 Å². The first-order valence-corrected chi connectivity index (χ1v) is 14.3. The Hall–Kier alpha value is 0.376. The third kappa shape index (κ3) is 13.0. The number of hydrogen-bond donors (Lipinski definition) is 0. The van der Waals surface area contributed by atoms with Crippen LogP contribution in [-0.2, 0) is 19.5 Å². The van der Waals surface area contributed by atoms with Gasteiger partial charge in [-0.05, 0) is 69.6 Å². The van der Waals surface area contributed by atoms with Gasteiger partial charge in [0.05, 0.1) is 0 Å². The second-order valence-corrected chi connectivity index (χ2v) is 10.2. The zero-order valence-corrected chi connectivity index (χ0v) is 25.9. The summed E-state index contributed by atoms with van der Waals surface area (Å²) in [6, 6.07) is 0. The molecule has 5 atom stereocenters. The van der Waals surface area contributed by atoms with Crippen LogP contribution in [0.2, 0.25) is 5.28 Å². The van der Waals surface area contributed by atoms with Crippen LogP contribution >= 0.6 is 0 Å². The van der Waals surface area contributed by atoms with Gasteiger partial charge in [-0.15, -0.1) is 0 Å². The van der Waals surface area contributed by atoms with E-state index >= 15 is 0 Å². The second kappa shape index (κ2) is 20.0. The molecule has 5 unspecified atom stereocenters. The van der Waals surface area contributed by atoms with Gasteiger partial charge in [-0.25, -0.2) is 0 Å². The van der Waals surface area contributed by atoms with Crippen LogP contribution in [0.25, 0.3) is 0 Å². The largest absolute Gasteiger partial charge is 0.340 e. The van der Waals surface area contributed by atoms with Crippen LogP contribution in [0, 0.1) is 36.5 Å². The molecule has 0 spiro atoms. The minimum Gasteiger partial charge on any atom is -0.340 e. The van der Waals surface area contributed by atoms with Gasteiger partial charge in [0.25, 0.3) is 0 Å². The Morgan fingerprint density at radius 3 is 1.63 bits per heavy atom. The fourth-order valence-corrected chi connectivity index (χ4v) is 6.25. The van der Waals surface area contributed by atoms with Crippen molar-refractivity contribution in [3.8, 4) is 0 Å². The minimum absolute atomic E-state index is 0. The van der Waals surface area contributed by atoms with Crippen molar-refractivity contribution in [2.75, 3.05) is 0 Å². The Balaban J connectivity index is 0.000000418. The first-order chi connectivity index (χ1) is 14.2. The predicted molar refractivity (Wildman–Crippen MR) is 136 cm³/mol. The third-order valence-electron chi connectivity index (χ3n) is 7.48. The van der Waals surface area contributed by atoms with E-state index in [-0.39, 0.29) is 19.5 Å². The minimum atomic E-state index is 0. The van der Waals surface area contributed by atoms with Crippen LogP contribution in [0.15, 0.2) is 36.5 Å². The molecule has 0 N–H and O–H groups in total. The van der Waals surface area contributed by atoms with Gasteiger partial charge in [-0.3, -0.25) is 0 Å². The fraction of sp³-hybridized carbons (Fsp3) is 0.750. The topological polar surface area (TPSA) is 0 Å². The summed E-state index contributed by atoms with van der Waals surface area (Å²) in [4.78, 5) is 0. The Morgan fingerprint density at radius 2 is 1.30 bits per heavy atom. The van der Waals surface area contributed by atoms with E-state index in [0.717, 1.165) is 23.7 Å². The first-order valence-electron chi connectivity index (χ1n) is 12.9. The van der Waals surface area contributed by atoms with Crippen molar-refractivity contribution in [3.05, 3.63) is 43.4 Å². The van der Waals surface area contributed by atoms with Crippen molar-refractivity contribution in [1.82, 2.24) is 0 Å². The molecular formula is C28H50AlZn-. The van der Waals surface area contributed by atoms with E-state index in [0.29, 0.717) is 5.92 Å². The van der Waals surface area contributed by atoms with E-state index in [2.05, 4.69) is 64.2 Å². The molecule has 3 rings (SSSR count). The van der Waals surface area contributed by atoms with E-state index in [9.17, 15) is 0 Å². The molecule has 0 saturated carbocycles. The summed E-state index contributed by atoms with van der Waals surface area (Å²) < 4.78 is 0. The Bertz CT molecular complexity index is 463. The van der Waals surface area contributed by atoms with Crippen molar-refractivity contribution in [3.63, 3.8) is 0 Å². The van der Waals surface area contributed by atoms with Crippen LogP contribution in [0.3, 0.4) is 0 Å². The second-order valence-electron chi connectivity index (χ2n) is 9.39. The molecule has 0 fully saturated rings. The summed E-state index contributed by atoms with van der Waals surface area (Å²) in [6.07, 6.45) is 30.1. The van der Waals surface area contributed by atoms with Gasteiger partial charge in [0.2, 0.25) is 16.3 Å². The molecule has 3 aliphatic carbocycles. The maximum Gasteiger partial charge on any atom is 0.212 e. The van der Waals surface area contributed by atoms with Gasteiger partial charge in [0.15, 0.2) is 0 Å². The van der Waals surface area contributed by atoms with Gasteiger partial charge in [0.1, 0.15) is 0 Å². The van der Waals surface area contributed by atoms with Gasteiger partial charge >= 0.3 is 0 Å². The molecule has 0 bridgehead atoms. The van der Waals surface area contributed by atoms with Crippen LogP contribution in [-0.4, -0.2) is 16.3 Å². The summed E-state index contributed by atoms with van der Waals surface area (Å²) in [5, 5.41) is 1.51. The fourth-order valence-electron chi connectivity index (χ4n) is 5.01. The van der Waals surface area contributed by atoms with Crippen LogP contribution < -0.4 is 0 Å². The van der Waals surface area contributed by atoms with Crippen molar-refractivity contribution < 1.29 is 19.5 Å². The van der Waals surface area contributed by atoms with E-state index in [4.69, 9.17) is 0 Å². The maximum absolute atomic E-state index is 4.15. The SMILES string of the molecule is CCC([CH2][AlH2])C1CC=CCC1.CCC1CC=CCC1.[CH2-]C(CC)C1CC=CCC1.[Zn]. The molecule has 2 heteroatoms.